The second-order valence-corrected chi connectivity index (χ2v) is 5.91. The molecule has 2 rings (SSSR count). The fourth-order valence-electron chi connectivity index (χ4n) is 2.14. The quantitative estimate of drug-likeness (QED) is 0.873. The van der Waals surface area contributed by atoms with Gasteiger partial charge in [0.2, 0.25) is 0 Å². The molecule has 0 fully saturated rings. The Hall–Kier alpha value is -2.04. The fourth-order valence-corrected chi connectivity index (χ4v) is 2.33. The average Bonchev–Trinajstić information content (AvgIpc) is 2.52. The maximum Gasteiger partial charge on any atom is 0.265 e. The van der Waals surface area contributed by atoms with E-state index in [1.165, 1.54) is 0 Å². The highest BCUT2D eigenvalue weighted by Crippen LogP contribution is 2.24. The van der Waals surface area contributed by atoms with Crippen LogP contribution in [0.15, 0.2) is 36.4 Å². The minimum Gasteiger partial charge on any atom is -0.481 e. The number of rotatable bonds is 5. The summed E-state index contributed by atoms with van der Waals surface area (Å²) < 4.78 is 5.66. The zero-order valence-corrected chi connectivity index (χ0v) is 14.1. The van der Waals surface area contributed by atoms with E-state index in [9.17, 15) is 9.90 Å². The van der Waals surface area contributed by atoms with Crippen molar-refractivity contribution in [3.63, 3.8) is 0 Å². The fraction of sp³-hybridized carbons (Fsp3) is 0.278. The van der Waals surface area contributed by atoms with E-state index in [4.69, 9.17) is 16.3 Å². The number of aryl methyl sites for hydroxylation is 2. The highest BCUT2D eigenvalue weighted by Gasteiger charge is 2.17. The molecular formula is C18H20ClNO3. The van der Waals surface area contributed by atoms with E-state index in [1.807, 2.05) is 32.0 Å². The first-order valence-corrected chi connectivity index (χ1v) is 7.72. The molecule has 4 nitrogen and oxygen atoms in total. The Bertz CT molecular complexity index is 715. The van der Waals surface area contributed by atoms with E-state index in [0.717, 1.165) is 16.8 Å². The lowest BCUT2D eigenvalue weighted by Crippen LogP contribution is -2.30. The van der Waals surface area contributed by atoms with Gasteiger partial charge in [0.25, 0.3) is 5.91 Å². The van der Waals surface area contributed by atoms with Crippen molar-refractivity contribution in [1.29, 1.82) is 0 Å². The van der Waals surface area contributed by atoms with E-state index in [2.05, 4.69) is 5.32 Å². The standard InChI is InChI=1S/C18H20ClNO3/c1-11-4-5-12(2)16(8-11)20-18(22)13(3)23-17-7-6-15(19)9-14(17)10-21/h4-9,13,21H,10H2,1-3H3,(H,20,22). The lowest BCUT2D eigenvalue weighted by molar-refractivity contribution is -0.122. The third-order valence-corrected chi connectivity index (χ3v) is 3.75. The van der Waals surface area contributed by atoms with Crippen molar-refractivity contribution in [1.82, 2.24) is 0 Å². The van der Waals surface area contributed by atoms with Crippen molar-refractivity contribution < 1.29 is 14.6 Å². The highest BCUT2D eigenvalue weighted by molar-refractivity contribution is 6.30. The van der Waals surface area contributed by atoms with Crippen LogP contribution >= 0.6 is 11.6 Å². The van der Waals surface area contributed by atoms with Crippen LogP contribution in [0.5, 0.6) is 5.75 Å². The summed E-state index contributed by atoms with van der Waals surface area (Å²) in [7, 11) is 0. The molecule has 0 bridgehead atoms. The summed E-state index contributed by atoms with van der Waals surface area (Å²) in [6, 6.07) is 10.8. The number of carbonyl (C=O) groups excluding carboxylic acids is 1. The summed E-state index contributed by atoms with van der Waals surface area (Å²) in [5.41, 5.74) is 3.37. The first-order valence-electron chi connectivity index (χ1n) is 7.34. The minimum atomic E-state index is -0.707. The molecule has 0 heterocycles. The summed E-state index contributed by atoms with van der Waals surface area (Å²) in [5.74, 6) is 0.193. The van der Waals surface area contributed by atoms with Gasteiger partial charge in [-0.3, -0.25) is 4.79 Å². The van der Waals surface area contributed by atoms with Gasteiger partial charge in [-0.15, -0.1) is 0 Å². The van der Waals surface area contributed by atoms with Crippen molar-refractivity contribution in [2.75, 3.05) is 5.32 Å². The molecule has 2 N–H and O–H groups in total. The van der Waals surface area contributed by atoms with Gasteiger partial charge in [0.1, 0.15) is 5.75 Å². The molecule has 122 valence electrons. The zero-order chi connectivity index (χ0) is 17.0. The maximum absolute atomic E-state index is 12.3. The second-order valence-electron chi connectivity index (χ2n) is 5.48. The van der Waals surface area contributed by atoms with Crippen molar-refractivity contribution in [3.05, 3.63) is 58.1 Å². The van der Waals surface area contributed by atoms with Gasteiger partial charge in [-0.25, -0.2) is 0 Å². The number of benzene rings is 2. The van der Waals surface area contributed by atoms with Gasteiger partial charge in [0.05, 0.1) is 6.61 Å². The molecule has 0 aliphatic carbocycles. The molecule has 1 amide bonds. The van der Waals surface area contributed by atoms with Crippen LogP contribution in [0.4, 0.5) is 5.69 Å². The van der Waals surface area contributed by atoms with Gasteiger partial charge in [0.15, 0.2) is 6.10 Å². The minimum absolute atomic E-state index is 0.207. The van der Waals surface area contributed by atoms with Crippen molar-refractivity contribution >= 4 is 23.2 Å². The van der Waals surface area contributed by atoms with Gasteiger partial charge >= 0.3 is 0 Å². The third kappa shape index (κ3) is 4.47. The van der Waals surface area contributed by atoms with Gasteiger partial charge in [-0.1, -0.05) is 23.7 Å². The Morgan fingerprint density at radius 3 is 2.70 bits per heavy atom. The Labute approximate surface area is 141 Å². The number of hydrogen-bond acceptors (Lipinski definition) is 3. The van der Waals surface area contributed by atoms with Crippen LogP contribution in [0, 0.1) is 13.8 Å². The zero-order valence-electron chi connectivity index (χ0n) is 13.4. The molecule has 0 radical (unpaired) electrons. The second kappa shape index (κ2) is 7.49. The Balaban J connectivity index is 2.10. The van der Waals surface area contributed by atoms with Crippen LogP contribution in [0.3, 0.4) is 0 Å². The van der Waals surface area contributed by atoms with Crippen LogP contribution in [0.25, 0.3) is 0 Å². The average molecular weight is 334 g/mol. The third-order valence-electron chi connectivity index (χ3n) is 3.52. The molecule has 0 aliphatic rings. The maximum atomic E-state index is 12.3. The largest absolute Gasteiger partial charge is 0.481 e. The summed E-state index contributed by atoms with van der Waals surface area (Å²) in [5, 5.41) is 12.7. The SMILES string of the molecule is Cc1ccc(C)c(NC(=O)C(C)Oc2ccc(Cl)cc2CO)c1. The molecule has 1 atom stereocenters. The van der Waals surface area contributed by atoms with Crippen LogP contribution in [-0.2, 0) is 11.4 Å². The Morgan fingerprint density at radius 2 is 2.00 bits per heavy atom. The number of aliphatic hydroxyl groups excluding tert-OH is 1. The molecular weight excluding hydrogens is 314 g/mol. The summed E-state index contributed by atoms with van der Waals surface area (Å²) >= 11 is 5.89. The van der Waals surface area contributed by atoms with Crippen LogP contribution in [-0.4, -0.2) is 17.1 Å². The molecule has 0 aliphatic heterocycles. The number of nitrogens with one attached hydrogen (secondary N) is 1. The lowest BCUT2D eigenvalue weighted by atomic mass is 10.1. The lowest BCUT2D eigenvalue weighted by Gasteiger charge is -2.18. The number of hydrogen-bond donors (Lipinski definition) is 2. The van der Waals surface area contributed by atoms with Gasteiger partial charge in [0, 0.05) is 16.3 Å². The number of ether oxygens (including phenoxy) is 1. The van der Waals surface area contributed by atoms with Crippen LogP contribution < -0.4 is 10.1 Å². The number of carbonyl (C=O) groups is 1. The van der Waals surface area contributed by atoms with Crippen molar-refractivity contribution in [2.45, 2.75) is 33.5 Å². The van der Waals surface area contributed by atoms with E-state index >= 15 is 0 Å². The van der Waals surface area contributed by atoms with Gasteiger partial charge in [-0.05, 0) is 56.2 Å². The first-order chi connectivity index (χ1) is 10.9. The topological polar surface area (TPSA) is 58.6 Å². The molecule has 0 saturated heterocycles. The molecule has 23 heavy (non-hydrogen) atoms. The molecule has 0 aromatic heterocycles. The van der Waals surface area contributed by atoms with Crippen molar-refractivity contribution in [3.8, 4) is 5.75 Å². The number of anilines is 1. The Morgan fingerprint density at radius 1 is 1.26 bits per heavy atom. The van der Waals surface area contributed by atoms with Crippen molar-refractivity contribution in [2.24, 2.45) is 0 Å². The first kappa shape index (κ1) is 17.3. The summed E-state index contributed by atoms with van der Waals surface area (Å²) in [6.07, 6.45) is -0.707. The van der Waals surface area contributed by atoms with E-state index in [0.29, 0.717) is 16.3 Å². The Kier molecular flexibility index (Phi) is 5.64. The molecule has 0 saturated carbocycles. The number of amides is 1. The predicted molar refractivity (Wildman–Crippen MR) is 92.0 cm³/mol. The smallest absolute Gasteiger partial charge is 0.265 e. The van der Waals surface area contributed by atoms with Crippen LogP contribution in [0.1, 0.15) is 23.6 Å². The predicted octanol–water partition coefficient (Wildman–Crippen LogP) is 3.86. The molecule has 2 aromatic carbocycles. The molecule has 0 spiro atoms. The molecule has 1 unspecified atom stereocenters. The molecule has 5 heteroatoms. The van der Waals surface area contributed by atoms with E-state index in [1.54, 1.807) is 25.1 Å². The summed E-state index contributed by atoms with van der Waals surface area (Å²) in [6.45, 7) is 5.36. The molecule has 2 aromatic rings. The normalized spacial score (nSPS) is 11.9. The van der Waals surface area contributed by atoms with E-state index < -0.39 is 6.10 Å². The number of aliphatic hydroxyl groups is 1. The van der Waals surface area contributed by atoms with Gasteiger partial charge < -0.3 is 15.2 Å². The number of halogens is 1. The summed E-state index contributed by atoms with van der Waals surface area (Å²) in [4.78, 5) is 12.3. The van der Waals surface area contributed by atoms with E-state index in [-0.39, 0.29) is 12.5 Å². The monoisotopic (exact) mass is 333 g/mol. The van der Waals surface area contributed by atoms with Crippen LogP contribution in [0.2, 0.25) is 5.02 Å². The van der Waals surface area contributed by atoms with Gasteiger partial charge in [-0.2, -0.15) is 0 Å². The highest BCUT2D eigenvalue weighted by atomic mass is 35.5.